The Hall–Kier alpha value is -2.08. The average molecular weight is 300 g/mol. The second-order valence-corrected chi connectivity index (χ2v) is 4.39. The Morgan fingerprint density at radius 2 is 1.43 bits per heavy atom. The number of hydrogen-bond donors (Lipinski definition) is 1. The van der Waals surface area contributed by atoms with Crippen molar-refractivity contribution in [3.63, 3.8) is 0 Å². The number of alkyl halides is 3. The van der Waals surface area contributed by atoms with Gasteiger partial charge in [0.25, 0.3) is 0 Å². The van der Waals surface area contributed by atoms with Gasteiger partial charge >= 0.3 is 6.18 Å². The smallest absolute Gasteiger partial charge is 0.426 e. The van der Waals surface area contributed by atoms with Crippen molar-refractivity contribution in [2.45, 2.75) is 11.8 Å². The third kappa shape index (κ3) is 2.47. The number of ether oxygens (including phenoxy) is 1. The minimum Gasteiger partial charge on any atom is -0.496 e. The van der Waals surface area contributed by atoms with E-state index in [2.05, 4.69) is 0 Å². The van der Waals surface area contributed by atoms with Crippen molar-refractivity contribution in [2.24, 2.45) is 0 Å². The number of hydrogen-bond acceptors (Lipinski definition) is 2. The first-order chi connectivity index (χ1) is 9.82. The van der Waals surface area contributed by atoms with E-state index in [1.54, 1.807) is 0 Å². The van der Waals surface area contributed by atoms with Crippen molar-refractivity contribution in [1.29, 1.82) is 0 Å². The van der Waals surface area contributed by atoms with Gasteiger partial charge in [-0.15, -0.1) is 0 Å². The molecule has 1 N–H and O–H groups in total. The van der Waals surface area contributed by atoms with Crippen molar-refractivity contribution >= 4 is 0 Å². The molecule has 0 saturated carbocycles. The van der Waals surface area contributed by atoms with Crippen LogP contribution in [0.15, 0.2) is 48.5 Å². The third-order valence-corrected chi connectivity index (χ3v) is 3.17. The molecule has 1 unspecified atom stereocenters. The second kappa shape index (κ2) is 5.37. The molecule has 0 aliphatic heterocycles. The zero-order chi connectivity index (χ0) is 15.7. The molecule has 6 heteroatoms. The average Bonchev–Trinajstić information content (AvgIpc) is 2.45. The molecule has 0 radical (unpaired) electrons. The summed E-state index contributed by atoms with van der Waals surface area (Å²) in [6, 6.07) is 9.33. The molecule has 21 heavy (non-hydrogen) atoms. The molecule has 1 atom stereocenters. The molecule has 0 saturated heterocycles. The summed E-state index contributed by atoms with van der Waals surface area (Å²) in [5.74, 6) is -1.33. The summed E-state index contributed by atoms with van der Waals surface area (Å²) in [6.45, 7) is 0. The lowest BCUT2D eigenvalue weighted by molar-refractivity contribution is -0.249. The molecule has 112 valence electrons. The Kier molecular flexibility index (Phi) is 3.91. The Morgan fingerprint density at radius 3 is 1.95 bits per heavy atom. The van der Waals surface area contributed by atoms with Crippen molar-refractivity contribution in [3.05, 3.63) is 65.5 Å². The monoisotopic (exact) mass is 300 g/mol. The van der Waals surface area contributed by atoms with Crippen molar-refractivity contribution in [2.75, 3.05) is 7.11 Å². The van der Waals surface area contributed by atoms with Crippen LogP contribution in [0, 0.1) is 5.82 Å². The van der Waals surface area contributed by atoms with Crippen LogP contribution >= 0.6 is 0 Å². The molecule has 2 aromatic carbocycles. The lowest BCUT2D eigenvalue weighted by Crippen LogP contribution is -2.44. The molecule has 0 bridgehead atoms. The zero-order valence-electron chi connectivity index (χ0n) is 11.0. The Balaban J connectivity index is 2.78. The number of rotatable bonds is 3. The van der Waals surface area contributed by atoms with E-state index in [0.29, 0.717) is 0 Å². The van der Waals surface area contributed by atoms with Gasteiger partial charge in [0, 0.05) is 11.1 Å². The molecule has 0 aliphatic rings. The highest BCUT2D eigenvalue weighted by Crippen LogP contribution is 2.47. The molecular weight excluding hydrogens is 288 g/mol. The maximum absolute atomic E-state index is 13.8. The molecule has 0 aliphatic carbocycles. The van der Waals surface area contributed by atoms with Gasteiger partial charge in [-0.1, -0.05) is 36.4 Å². The van der Waals surface area contributed by atoms with E-state index in [1.807, 2.05) is 0 Å². The van der Waals surface area contributed by atoms with Gasteiger partial charge in [-0.25, -0.2) is 4.39 Å². The lowest BCUT2D eigenvalue weighted by Gasteiger charge is -2.32. The normalized spacial score (nSPS) is 14.6. The highest BCUT2D eigenvalue weighted by molar-refractivity contribution is 5.46. The fourth-order valence-electron chi connectivity index (χ4n) is 2.15. The van der Waals surface area contributed by atoms with E-state index in [9.17, 15) is 22.7 Å². The minimum absolute atomic E-state index is 0.180. The van der Waals surface area contributed by atoms with Gasteiger partial charge in [0.15, 0.2) is 0 Å². The van der Waals surface area contributed by atoms with Crippen LogP contribution in [0.25, 0.3) is 0 Å². The molecule has 2 rings (SSSR count). The van der Waals surface area contributed by atoms with Gasteiger partial charge in [-0.05, 0) is 12.1 Å². The first-order valence-electron chi connectivity index (χ1n) is 6.00. The molecule has 0 spiro atoms. The predicted molar refractivity (Wildman–Crippen MR) is 68.4 cm³/mol. The van der Waals surface area contributed by atoms with Gasteiger partial charge in [0.1, 0.15) is 11.6 Å². The Labute approximate surface area is 118 Å². The Bertz CT molecular complexity index is 640. The van der Waals surface area contributed by atoms with E-state index < -0.39 is 28.7 Å². The summed E-state index contributed by atoms with van der Waals surface area (Å²) < 4.78 is 59.2. The van der Waals surface area contributed by atoms with Crippen LogP contribution < -0.4 is 4.74 Å². The first-order valence-corrected chi connectivity index (χ1v) is 6.00. The van der Waals surface area contributed by atoms with Crippen LogP contribution in [0.4, 0.5) is 17.6 Å². The predicted octanol–water partition coefficient (Wildman–Crippen LogP) is 3.63. The van der Waals surface area contributed by atoms with E-state index >= 15 is 0 Å². The van der Waals surface area contributed by atoms with E-state index in [-0.39, 0.29) is 5.75 Å². The van der Waals surface area contributed by atoms with Gasteiger partial charge in [-0.2, -0.15) is 13.2 Å². The molecule has 0 aromatic heterocycles. The van der Waals surface area contributed by atoms with Gasteiger partial charge in [0.2, 0.25) is 5.60 Å². The van der Waals surface area contributed by atoms with E-state index in [4.69, 9.17) is 4.74 Å². The van der Waals surface area contributed by atoms with Crippen LogP contribution in [0.5, 0.6) is 5.75 Å². The fraction of sp³-hybridized carbons (Fsp3) is 0.200. The van der Waals surface area contributed by atoms with Crippen molar-refractivity contribution < 1.29 is 27.4 Å². The van der Waals surface area contributed by atoms with Crippen molar-refractivity contribution in [3.8, 4) is 5.75 Å². The first kappa shape index (κ1) is 15.3. The van der Waals surface area contributed by atoms with E-state index in [0.717, 1.165) is 18.2 Å². The maximum atomic E-state index is 13.8. The summed E-state index contributed by atoms with van der Waals surface area (Å²) in [4.78, 5) is 0. The summed E-state index contributed by atoms with van der Waals surface area (Å²) in [5, 5.41) is 10.3. The minimum atomic E-state index is -5.12. The summed E-state index contributed by atoms with van der Waals surface area (Å²) in [5.41, 5.74) is -4.93. The quantitative estimate of drug-likeness (QED) is 0.877. The largest absolute Gasteiger partial charge is 0.496 e. The summed E-state index contributed by atoms with van der Waals surface area (Å²) >= 11 is 0. The molecule has 2 aromatic rings. The number of aliphatic hydroxyl groups is 1. The molecule has 0 heterocycles. The molecule has 2 nitrogen and oxygen atoms in total. The number of benzene rings is 2. The highest BCUT2D eigenvalue weighted by atomic mass is 19.4. The van der Waals surface area contributed by atoms with Crippen LogP contribution in [0.2, 0.25) is 0 Å². The second-order valence-electron chi connectivity index (χ2n) is 4.39. The number of halogens is 4. The van der Waals surface area contributed by atoms with Crippen LogP contribution in [0.1, 0.15) is 11.1 Å². The van der Waals surface area contributed by atoms with Crippen LogP contribution in [-0.2, 0) is 5.60 Å². The third-order valence-electron chi connectivity index (χ3n) is 3.17. The van der Waals surface area contributed by atoms with Crippen LogP contribution in [-0.4, -0.2) is 18.4 Å². The standard InChI is InChI=1S/C15H12F4O2/c1-21-13-9-5-3-7-11(13)14(20,15(17,18)19)10-6-2-4-8-12(10)16/h2-9,20H,1H3. The topological polar surface area (TPSA) is 29.5 Å². The van der Waals surface area contributed by atoms with Crippen molar-refractivity contribution in [1.82, 2.24) is 0 Å². The molecule has 0 amide bonds. The summed E-state index contributed by atoms with van der Waals surface area (Å²) in [6.07, 6.45) is -5.12. The Morgan fingerprint density at radius 1 is 0.905 bits per heavy atom. The SMILES string of the molecule is COc1ccccc1C(O)(c1ccccc1F)C(F)(F)F. The van der Waals surface area contributed by atoms with Gasteiger partial charge < -0.3 is 9.84 Å². The molecule has 0 fully saturated rings. The summed E-state index contributed by atoms with van der Waals surface area (Å²) in [7, 11) is 1.18. The zero-order valence-corrected chi connectivity index (χ0v) is 11.0. The van der Waals surface area contributed by atoms with Gasteiger partial charge in [-0.3, -0.25) is 0 Å². The van der Waals surface area contributed by atoms with Gasteiger partial charge in [0.05, 0.1) is 7.11 Å². The maximum Gasteiger partial charge on any atom is 0.426 e. The number of para-hydroxylation sites is 1. The number of methoxy groups -OCH3 is 1. The molecular formula is C15H12F4O2. The fourth-order valence-corrected chi connectivity index (χ4v) is 2.15. The van der Waals surface area contributed by atoms with Crippen LogP contribution in [0.3, 0.4) is 0 Å². The lowest BCUT2D eigenvalue weighted by atomic mass is 9.84. The van der Waals surface area contributed by atoms with E-state index in [1.165, 1.54) is 37.4 Å². The highest BCUT2D eigenvalue weighted by Gasteiger charge is 2.58.